The maximum absolute atomic E-state index is 12.0. The van der Waals surface area contributed by atoms with Crippen LogP contribution in [-0.2, 0) is 24.6 Å². The van der Waals surface area contributed by atoms with E-state index in [9.17, 15) is 20.0 Å². The molecule has 230 valence electrons. The maximum atomic E-state index is 12.0. The molecule has 0 amide bonds. The number of aliphatic hydroxyl groups excluding tert-OH is 1. The molecule has 3 unspecified atom stereocenters. The first-order chi connectivity index (χ1) is 20.0. The molecule has 0 aliphatic heterocycles. The summed E-state index contributed by atoms with van der Waals surface area (Å²) in [6.45, 7) is 3.09. The monoisotopic (exact) mass is 584 g/mol. The SMILES string of the molecule is CCC(COc1ccc(C(N)(C#N)c2ccc(OCC(O)COC(=O)CCN(C)C)cc2)cc1)OC(=O)CCN(C)C. The molecular formula is C31H44N4O7. The fourth-order valence-electron chi connectivity index (χ4n) is 3.72. The lowest BCUT2D eigenvalue weighted by molar-refractivity contribution is -0.151. The lowest BCUT2D eigenvalue weighted by Crippen LogP contribution is -2.36. The highest BCUT2D eigenvalue weighted by Crippen LogP contribution is 2.29. The summed E-state index contributed by atoms with van der Waals surface area (Å²) in [4.78, 5) is 27.5. The van der Waals surface area contributed by atoms with E-state index in [0.29, 0.717) is 48.6 Å². The number of benzene rings is 2. The standard InChI is InChI=1S/C31H44N4O7/c1-6-26(42-30(38)16-18-35(4)5)21-40-28-13-9-24(10-14-28)31(33,22-32)23-7-11-27(12-8-23)39-19-25(36)20-41-29(37)15-17-34(2)3/h7-14,25-26,36H,6,15-21,33H2,1-5H3. The third-order valence-electron chi connectivity index (χ3n) is 6.39. The molecule has 3 atom stereocenters. The quantitative estimate of drug-likeness (QED) is 0.249. The second kappa shape index (κ2) is 17.3. The zero-order chi connectivity index (χ0) is 31.1. The van der Waals surface area contributed by atoms with Gasteiger partial charge in [0.1, 0.15) is 43.5 Å². The summed E-state index contributed by atoms with van der Waals surface area (Å²) in [6.07, 6.45) is -0.170. The van der Waals surface area contributed by atoms with E-state index >= 15 is 0 Å². The first-order valence-corrected chi connectivity index (χ1v) is 14.0. The summed E-state index contributed by atoms with van der Waals surface area (Å²) in [5.74, 6) is 0.381. The number of rotatable bonds is 18. The van der Waals surface area contributed by atoms with Crippen LogP contribution in [0, 0.1) is 11.3 Å². The van der Waals surface area contributed by atoms with Crippen molar-refractivity contribution in [1.29, 1.82) is 5.26 Å². The molecule has 0 bridgehead atoms. The summed E-state index contributed by atoms with van der Waals surface area (Å²) >= 11 is 0. The Labute approximate surface area is 248 Å². The van der Waals surface area contributed by atoms with Crippen LogP contribution >= 0.6 is 0 Å². The Morgan fingerprint density at radius 1 is 0.857 bits per heavy atom. The van der Waals surface area contributed by atoms with Gasteiger partial charge < -0.3 is 39.6 Å². The molecule has 0 saturated heterocycles. The summed E-state index contributed by atoms with van der Waals surface area (Å²) in [7, 11) is 7.51. The number of nitriles is 1. The van der Waals surface area contributed by atoms with Gasteiger partial charge in [-0.1, -0.05) is 31.2 Å². The van der Waals surface area contributed by atoms with E-state index in [1.807, 2.05) is 44.9 Å². The van der Waals surface area contributed by atoms with Crippen molar-refractivity contribution in [2.24, 2.45) is 5.73 Å². The molecule has 11 nitrogen and oxygen atoms in total. The van der Waals surface area contributed by atoms with Crippen molar-refractivity contribution in [3.05, 3.63) is 59.7 Å². The van der Waals surface area contributed by atoms with Gasteiger partial charge >= 0.3 is 11.9 Å². The van der Waals surface area contributed by atoms with Gasteiger partial charge in [-0.3, -0.25) is 9.59 Å². The van der Waals surface area contributed by atoms with Gasteiger partial charge in [-0.2, -0.15) is 5.26 Å². The summed E-state index contributed by atoms with van der Waals surface area (Å²) in [5, 5.41) is 20.1. The van der Waals surface area contributed by atoms with Crippen molar-refractivity contribution in [2.45, 2.75) is 43.9 Å². The zero-order valence-corrected chi connectivity index (χ0v) is 25.2. The number of hydrogen-bond acceptors (Lipinski definition) is 11. The second-order valence-corrected chi connectivity index (χ2v) is 10.6. The van der Waals surface area contributed by atoms with Crippen molar-refractivity contribution in [2.75, 3.05) is 61.1 Å². The summed E-state index contributed by atoms with van der Waals surface area (Å²) < 4.78 is 22.0. The predicted molar refractivity (Wildman–Crippen MR) is 158 cm³/mol. The fourth-order valence-corrected chi connectivity index (χ4v) is 3.72. The Morgan fingerprint density at radius 2 is 1.33 bits per heavy atom. The lowest BCUT2D eigenvalue weighted by atomic mass is 9.85. The molecule has 3 N–H and O–H groups in total. The van der Waals surface area contributed by atoms with E-state index in [0.717, 1.165) is 0 Å². The molecule has 11 heteroatoms. The van der Waals surface area contributed by atoms with Crippen molar-refractivity contribution >= 4 is 11.9 Å². The third kappa shape index (κ3) is 11.7. The molecule has 42 heavy (non-hydrogen) atoms. The molecule has 2 aromatic carbocycles. The van der Waals surface area contributed by atoms with Crippen molar-refractivity contribution in [1.82, 2.24) is 9.80 Å². The van der Waals surface area contributed by atoms with Gasteiger partial charge in [0.05, 0.1) is 18.9 Å². The highest BCUT2D eigenvalue weighted by molar-refractivity contribution is 5.70. The largest absolute Gasteiger partial charge is 0.491 e. The molecule has 0 saturated carbocycles. The number of nitrogens with zero attached hydrogens (tertiary/aromatic N) is 3. The van der Waals surface area contributed by atoms with E-state index in [2.05, 4.69) is 6.07 Å². The number of hydrogen-bond donors (Lipinski definition) is 2. The van der Waals surface area contributed by atoms with E-state index in [1.165, 1.54) is 0 Å². The molecule has 0 aliphatic rings. The third-order valence-corrected chi connectivity index (χ3v) is 6.39. The van der Waals surface area contributed by atoms with Crippen LogP contribution < -0.4 is 15.2 Å². The Morgan fingerprint density at radius 3 is 1.79 bits per heavy atom. The average Bonchev–Trinajstić information content (AvgIpc) is 2.98. The Balaban J connectivity index is 1.91. The number of esters is 2. The van der Waals surface area contributed by atoms with Gasteiger partial charge in [-0.05, 0) is 70.0 Å². The number of ether oxygens (including phenoxy) is 4. The van der Waals surface area contributed by atoms with Crippen LogP contribution in [0.25, 0.3) is 0 Å². The first kappa shape index (κ1) is 34.5. The van der Waals surface area contributed by atoms with Gasteiger partial charge in [0, 0.05) is 13.1 Å². The maximum Gasteiger partial charge on any atom is 0.307 e. The topological polar surface area (TPSA) is 148 Å². The van der Waals surface area contributed by atoms with Crippen LogP contribution in [0.15, 0.2) is 48.5 Å². The van der Waals surface area contributed by atoms with Crippen molar-refractivity contribution < 1.29 is 33.6 Å². The van der Waals surface area contributed by atoms with Gasteiger partial charge in [-0.25, -0.2) is 0 Å². The van der Waals surface area contributed by atoms with E-state index < -0.39 is 11.6 Å². The number of nitrogens with two attached hydrogens (primary N) is 1. The molecule has 2 rings (SSSR count). The minimum Gasteiger partial charge on any atom is -0.491 e. The number of aliphatic hydroxyl groups is 1. The molecule has 0 radical (unpaired) electrons. The van der Waals surface area contributed by atoms with Crippen molar-refractivity contribution in [3.63, 3.8) is 0 Å². The molecule has 0 aliphatic carbocycles. The highest BCUT2D eigenvalue weighted by atomic mass is 16.6. The molecule has 2 aromatic rings. The zero-order valence-electron chi connectivity index (χ0n) is 25.2. The molecule has 0 spiro atoms. The van der Waals surface area contributed by atoms with Gasteiger partial charge in [-0.15, -0.1) is 0 Å². The van der Waals surface area contributed by atoms with Crippen LogP contribution in [0.1, 0.15) is 37.3 Å². The first-order valence-electron chi connectivity index (χ1n) is 14.0. The summed E-state index contributed by atoms with van der Waals surface area (Å²) in [5.41, 5.74) is 6.22. The molecule has 0 aromatic heterocycles. The average molecular weight is 585 g/mol. The van der Waals surface area contributed by atoms with E-state index in [1.54, 1.807) is 48.5 Å². The van der Waals surface area contributed by atoms with Crippen LogP contribution in [0.5, 0.6) is 11.5 Å². The minimum absolute atomic E-state index is 0.0675. The van der Waals surface area contributed by atoms with Crippen LogP contribution in [-0.4, -0.2) is 100 Å². The Kier molecular flexibility index (Phi) is 14.2. The molecule has 0 fully saturated rings. The highest BCUT2D eigenvalue weighted by Gasteiger charge is 2.30. The predicted octanol–water partition coefficient (Wildman–Crippen LogP) is 2.30. The molecular weight excluding hydrogens is 540 g/mol. The van der Waals surface area contributed by atoms with Gasteiger partial charge in [0.25, 0.3) is 0 Å². The second-order valence-electron chi connectivity index (χ2n) is 10.6. The van der Waals surface area contributed by atoms with E-state index in [4.69, 9.17) is 24.7 Å². The minimum atomic E-state index is -1.43. The smallest absolute Gasteiger partial charge is 0.307 e. The van der Waals surface area contributed by atoms with Crippen LogP contribution in [0.3, 0.4) is 0 Å². The van der Waals surface area contributed by atoms with Crippen molar-refractivity contribution in [3.8, 4) is 17.6 Å². The van der Waals surface area contributed by atoms with Gasteiger partial charge in [0.15, 0.2) is 5.54 Å². The molecule has 0 heterocycles. The lowest BCUT2D eigenvalue weighted by Gasteiger charge is -2.23. The van der Waals surface area contributed by atoms with Crippen LogP contribution in [0.2, 0.25) is 0 Å². The van der Waals surface area contributed by atoms with Crippen LogP contribution in [0.4, 0.5) is 0 Å². The summed E-state index contributed by atoms with van der Waals surface area (Å²) in [6, 6.07) is 15.8. The number of carbonyl (C=O) groups excluding carboxylic acids is 2. The Bertz CT molecular complexity index is 1150. The fraction of sp³-hybridized carbons (Fsp3) is 0.516. The normalized spacial score (nSPS) is 14.0. The Hall–Kier alpha value is -3.69. The van der Waals surface area contributed by atoms with E-state index in [-0.39, 0.29) is 44.3 Å². The van der Waals surface area contributed by atoms with Gasteiger partial charge in [0.2, 0.25) is 0 Å². The number of carbonyl (C=O) groups is 2.